The molecule has 0 amide bonds. The van der Waals surface area contributed by atoms with Crippen LogP contribution in [0.5, 0.6) is 0 Å². The van der Waals surface area contributed by atoms with Crippen LogP contribution in [0, 0.1) is 20.8 Å². The summed E-state index contributed by atoms with van der Waals surface area (Å²) in [4.78, 5) is 4.37. The molecular weight excluding hydrogens is 196 g/mol. The first kappa shape index (κ1) is 10.8. The van der Waals surface area contributed by atoms with Gasteiger partial charge in [0.1, 0.15) is 7.05 Å². The minimum absolute atomic E-state index is 1.08. The molecule has 2 rings (SSSR count). The summed E-state index contributed by atoms with van der Waals surface area (Å²) >= 11 is 0. The van der Waals surface area contributed by atoms with Gasteiger partial charge in [0.05, 0.1) is 11.3 Å². The fourth-order valence-corrected chi connectivity index (χ4v) is 2.01. The van der Waals surface area contributed by atoms with E-state index in [4.69, 9.17) is 0 Å². The summed E-state index contributed by atoms with van der Waals surface area (Å²) in [6.45, 7) is 6.31. The van der Waals surface area contributed by atoms with E-state index in [1.165, 1.54) is 22.4 Å². The van der Waals surface area contributed by atoms with Crippen LogP contribution in [0.15, 0.2) is 30.6 Å². The Labute approximate surface area is 96.6 Å². The maximum absolute atomic E-state index is 4.37. The molecule has 0 aliphatic heterocycles. The molecule has 82 valence electrons. The Morgan fingerprint density at radius 1 is 1.12 bits per heavy atom. The topological polar surface area (TPSA) is 16.8 Å². The van der Waals surface area contributed by atoms with Crippen molar-refractivity contribution in [3.05, 3.63) is 47.4 Å². The van der Waals surface area contributed by atoms with E-state index in [0.717, 1.165) is 5.69 Å². The zero-order valence-electron chi connectivity index (χ0n) is 10.3. The number of rotatable bonds is 1. The van der Waals surface area contributed by atoms with E-state index in [9.17, 15) is 0 Å². The van der Waals surface area contributed by atoms with Gasteiger partial charge in [-0.05, 0) is 38.0 Å². The molecule has 0 bridgehead atoms. The smallest absolute Gasteiger partial charge is 0.214 e. The number of nitrogens with zero attached hydrogens (tertiary/aromatic N) is 2. The van der Waals surface area contributed by atoms with Crippen molar-refractivity contribution in [2.45, 2.75) is 20.8 Å². The number of aromatic nitrogens is 2. The van der Waals surface area contributed by atoms with Gasteiger partial charge in [-0.15, -0.1) is 0 Å². The molecule has 2 aromatic rings. The van der Waals surface area contributed by atoms with Crippen molar-refractivity contribution in [1.29, 1.82) is 0 Å². The van der Waals surface area contributed by atoms with E-state index >= 15 is 0 Å². The molecule has 0 saturated carbocycles. The van der Waals surface area contributed by atoms with E-state index < -0.39 is 0 Å². The lowest BCUT2D eigenvalue weighted by atomic mass is 10.0. The minimum Gasteiger partial charge on any atom is -0.261 e. The van der Waals surface area contributed by atoms with E-state index in [0.29, 0.717) is 0 Å². The number of hydrogen-bond donors (Lipinski definition) is 0. The summed E-state index contributed by atoms with van der Waals surface area (Å²) in [5, 5.41) is 0. The molecule has 0 fully saturated rings. The third kappa shape index (κ3) is 1.83. The summed E-state index contributed by atoms with van der Waals surface area (Å²) in [6.07, 6.45) is 3.96. The van der Waals surface area contributed by atoms with E-state index in [-0.39, 0.29) is 0 Å². The van der Waals surface area contributed by atoms with E-state index in [1.807, 2.05) is 6.20 Å². The van der Waals surface area contributed by atoms with E-state index in [2.05, 4.69) is 61.8 Å². The Balaban J connectivity index is 2.72. The highest BCUT2D eigenvalue weighted by atomic mass is 14.9. The standard InChI is InChI=1S/C14H17N2/c1-10-6-8-16(4)13(9-10)14-11(2)5-7-15-12(14)3/h5-9H,1-4H3/q+1. The van der Waals surface area contributed by atoms with Crippen molar-refractivity contribution < 1.29 is 4.57 Å². The fraction of sp³-hybridized carbons (Fsp3) is 0.286. The summed E-state index contributed by atoms with van der Waals surface area (Å²) in [5.41, 5.74) is 6.10. The zero-order valence-corrected chi connectivity index (χ0v) is 10.3. The first-order valence-electron chi connectivity index (χ1n) is 5.48. The molecule has 0 N–H and O–H groups in total. The Bertz CT molecular complexity index is 510. The molecule has 2 aromatic heterocycles. The summed E-state index contributed by atoms with van der Waals surface area (Å²) in [5.74, 6) is 0. The molecule has 0 aliphatic rings. The highest BCUT2D eigenvalue weighted by Crippen LogP contribution is 2.22. The van der Waals surface area contributed by atoms with Gasteiger partial charge in [0.25, 0.3) is 0 Å². The van der Waals surface area contributed by atoms with Crippen LogP contribution in [-0.4, -0.2) is 4.98 Å². The van der Waals surface area contributed by atoms with Crippen LogP contribution in [0.25, 0.3) is 11.3 Å². The maximum Gasteiger partial charge on any atom is 0.214 e. The van der Waals surface area contributed by atoms with Gasteiger partial charge in [0.2, 0.25) is 5.69 Å². The molecule has 2 heteroatoms. The van der Waals surface area contributed by atoms with Crippen LogP contribution in [0.3, 0.4) is 0 Å². The fourth-order valence-electron chi connectivity index (χ4n) is 2.01. The van der Waals surface area contributed by atoms with Crippen LogP contribution in [0.1, 0.15) is 16.8 Å². The lowest BCUT2D eigenvalue weighted by molar-refractivity contribution is -0.660. The Morgan fingerprint density at radius 2 is 1.88 bits per heavy atom. The quantitative estimate of drug-likeness (QED) is 0.665. The molecule has 2 heterocycles. The number of aryl methyl sites for hydroxylation is 4. The third-order valence-corrected chi connectivity index (χ3v) is 2.91. The van der Waals surface area contributed by atoms with Crippen LogP contribution in [-0.2, 0) is 7.05 Å². The molecule has 0 radical (unpaired) electrons. The minimum atomic E-state index is 1.08. The molecular formula is C14H17N2+. The molecule has 2 nitrogen and oxygen atoms in total. The molecule has 0 saturated heterocycles. The van der Waals surface area contributed by atoms with Crippen molar-refractivity contribution in [3.63, 3.8) is 0 Å². The summed E-state index contributed by atoms with van der Waals surface area (Å²) in [6, 6.07) is 6.38. The average Bonchev–Trinajstić information content (AvgIpc) is 2.23. The second-order valence-electron chi connectivity index (χ2n) is 4.29. The highest BCUT2D eigenvalue weighted by Gasteiger charge is 2.15. The van der Waals surface area contributed by atoms with Crippen molar-refractivity contribution in [1.82, 2.24) is 4.98 Å². The maximum atomic E-state index is 4.37. The normalized spacial score (nSPS) is 10.5. The van der Waals surface area contributed by atoms with Gasteiger partial charge >= 0.3 is 0 Å². The molecule has 0 atom stereocenters. The zero-order chi connectivity index (χ0) is 11.7. The first-order valence-corrected chi connectivity index (χ1v) is 5.48. The van der Waals surface area contributed by atoms with Crippen LogP contribution < -0.4 is 4.57 Å². The van der Waals surface area contributed by atoms with Crippen molar-refractivity contribution in [2.24, 2.45) is 7.05 Å². The van der Waals surface area contributed by atoms with E-state index in [1.54, 1.807) is 0 Å². The van der Waals surface area contributed by atoms with Crippen molar-refractivity contribution in [2.75, 3.05) is 0 Å². The predicted molar refractivity (Wildman–Crippen MR) is 65.1 cm³/mol. The van der Waals surface area contributed by atoms with Gasteiger partial charge in [-0.25, -0.2) is 4.57 Å². The van der Waals surface area contributed by atoms with Gasteiger partial charge in [-0.1, -0.05) is 0 Å². The Hall–Kier alpha value is -1.70. The van der Waals surface area contributed by atoms with Gasteiger partial charge in [0, 0.05) is 18.3 Å². The monoisotopic (exact) mass is 213 g/mol. The molecule has 16 heavy (non-hydrogen) atoms. The SMILES string of the molecule is Cc1cc[n+](C)c(-c2c(C)ccnc2C)c1. The highest BCUT2D eigenvalue weighted by molar-refractivity contribution is 5.63. The summed E-state index contributed by atoms with van der Waals surface area (Å²) < 4.78 is 2.14. The predicted octanol–water partition coefficient (Wildman–Crippen LogP) is 2.50. The molecule has 0 unspecified atom stereocenters. The lowest BCUT2D eigenvalue weighted by Crippen LogP contribution is -2.31. The Kier molecular flexibility index (Phi) is 2.73. The van der Waals surface area contributed by atoms with Gasteiger partial charge in [0.15, 0.2) is 6.20 Å². The first-order chi connectivity index (χ1) is 7.59. The summed E-state index contributed by atoms with van der Waals surface area (Å²) in [7, 11) is 2.07. The van der Waals surface area contributed by atoms with Crippen LogP contribution in [0.2, 0.25) is 0 Å². The van der Waals surface area contributed by atoms with Gasteiger partial charge in [-0.2, -0.15) is 0 Å². The second-order valence-corrected chi connectivity index (χ2v) is 4.29. The second kappa shape index (κ2) is 4.05. The van der Waals surface area contributed by atoms with Crippen LogP contribution >= 0.6 is 0 Å². The average molecular weight is 213 g/mol. The third-order valence-electron chi connectivity index (χ3n) is 2.91. The largest absolute Gasteiger partial charge is 0.261 e. The van der Waals surface area contributed by atoms with Crippen LogP contribution in [0.4, 0.5) is 0 Å². The number of pyridine rings is 2. The van der Waals surface area contributed by atoms with Crippen molar-refractivity contribution in [3.8, 4) is 11.3 Å². The van der Waals surface area contributed by atoms with Gasteiger partial charge < -0.3 is 0 Å². The van der Waals surface area contributed by atoms with Crippen molar-refractivity contribution >= 4 is 0 Å². The molecule has 0 spiro atoms. The van der Waals surface area contributed by atoms with Gasteiger partial charge in [-0.3, -0.25) is 4.98 Å². The lowest BCUT2D eigenvalue weighted by Gasteiger charge is -2.07. The molecule has 0 aromatic carbocycles. The molecule has 0 aliphatic carbocycles. The Morgan fingerprint density at radius 3 is 2.56 bits per heavy atom. The number of hydrogen-bond acceptors (Lipinski definition) is 1.